The Morgan fingerprint density at radius 3 is 2.47 bits per heavy atom. The average Bonchev–Trinajstić information content (AvgIpc) is 2.64. The van der Waals surface area contributed by atoms with Crippen molar-refractivity contribution in [2.45, 2.75) is 45.7 Å². The third-order valence-electron chi connectivity index (χ3n) is 3.27. The fraction of sp³-hybridized carbons (Fsp3) is 0.818. The number of rotatable bonds is 3. The van der Waals surface area contributed by atoms with Gasteiger partial charge in [0.25, 0.3) is 0 Å². The topological polar surface area (TPSA) is 75.4 Å². The second kappa shape index (κ2) is 5.08. The third-order valence-corrected chi connectivity index (χ3v) is 3.27. The van der Waals surface area contributed by atoms with E-state index < -0.39 is 11.9 Å². The number of amides is 2. The molecule has 1 aliphatic rings. The molecular formula is C11H22BN3O2. The van der Waals surface area contributed by atoms with Crippen LogP contribution in [0.25, 0.3) is 0 Å². The first kappa shape index (κ1) is 14.0. The van der Waals surface area contributed by atoms with E-state index in [1.807, 2.05) is 20.8 Å². The van der Waals surface area contributed by atoms with Crippen LogP contribution in [0.1, 0.15) is 33.6 Å². The highest BCUT2D eigenvalue weighted by atomic mass is 16.2. The van der Waals surface area contributed by atoms with E-state index in [0.29, 0.717) is 13.0 Å². The Kier molecular flexibility index (Phi) is 4.19. The minimum Gasteiger partial charge on any atom is -0.368 e. The minimum atomic E-state index is -0.430. The lowest BCUT2D eigenvalue weighted by atomic mass is 9.84. The molecule has 0 aromatic heterocycles. The van der Waals surface area contributed by atoms with Gasteiger partial charge in [0.2, 0.25) is 11.8 Å². The maximum atomic E-state index is 12.4. The summed E-state index contributed by atoms with van der Waals surface area (Å²) in [5.41, 5.74) is 5.14. The van der Waals surface area contributed by atoms with Crippen molar-refractivity contribution in [1.82, 2.24) is 10.1 Å². The summed E-state index contributed by atoms with van der Waals surface area (Å²) in [7, 11) is 1.77. The first-order valence-electron chi connectivity index (χ1n) is 6.06. The molecule has 0 aromatic rings. The largest absolute Gasteiger partial charge is 0.368 e. The van der Waals surface area contributed by atoms with Gasteiger partial charge in [0.1, 0.15) is 6.04 Å². The number of nitrogens with one attached hydrogen (secondary N) is 1. The van der Waals surface area contributed by atoms with Gasteiger partial charge in [-0.3, -0.25) is 9.59 Å². The van der Waals surface area contributed by atoms with Crippen molar-refractivity contribution in [3.8, 4) is 0 Å². The van der Waals surface area contributed by atoms with Crippen LogP contribution < -0.4 is 11.0 Å². The molecule has 6 heteroatoms. The zero-order valence-electron chi connectivity index (χ0n) is 11.1. The first-order chi connectivity index (χ1) is 7.79. The van der Waals surface area contributed by atoms with Crippen LogP contribution in [-0.2, 0) is 9.59 Å². The molecule has 2 atom stereocenters. The summed E-state index contributed by atoms with van der Waals surface area (Å²) >= 11 is 0. The summed E-state index contributed by atoms with van der Waals surface area (Å²) in [5.74, 6) is -0.430. The number of nitrogens with zero attached hydrogens (tertiary/aromatic N) is 1. The molecule has 2 amide bonds. The standard InChI is InChI=1S/C11H22BN3O2/c1-11(2,3)8(14-12)10(17)15-6-4-5-7(15)9(13)16/h7-8,14H,4-6,12H2,1-3H3,(H2,13,16)/t7-,8+/m0/s1. The fourth-order valence-electron chi connectivity index (χ4n) is 2.42. The summed E-state index contributed by atoms with van der Waals surface area (Å²) in [6.07, 6.45) is 1.53. The van der Waals surface area contributed by atoms with Crippen molar-refractivity contribution in [3.05, 3.63) is 0 Å². The fourth-order valence-corrected chi connectivity index (χ4v) is 2.42. The molecule has 0 spiro atoms. The summed E-state index contributed by atoms with van der Waals surface area (Å²) in [6, 6.07) is -0.719. The molecule has 1 aliphatic heterocycles. The smallest absolute Gasteiger partial charge is 0.240 e. The highest BCUT2D eigenvalue weighted by Gasteiger charge is 2.39. The Balaban J connectivity index is 2.84. The molecule has 1 saturated heterocycles. The van der Waals surface area contributed by atoms with Crippen LogP contribution in [0.5, 0.6) is 0 Å². The van der Waals surface area contributed by atoms with Crippen molar-refractivity contribution in [3.63, 3.8) is 0 Å². The molecule has 0 aliphatic carbocycles. The van der Waals surface area contributed by atoms with E-state index in [2.05, 4.69) is 5.23 Å². The molecule has 17 heavy (non-hydrogen) atoms. The number of primary amides is 1. The third kappa shape index (κ3) is 3.00. The maximum Gasteiger partial charge on any atom is 0.240 e. The molecule has 0 aromatic carbocycles. The number of hydrogen-bond acceptors (Lipinski definition) is 3. The molecule has 1 heterocycles. The molecule has 1 fully saturated rings. The van der Waals surface area contributed by atoms with Gasteiger partial charge in [-0.15, -0.1) is 0 Å². The van der Waals surface area contributed by atoms with Crippen molar-refractivity contribution >= 4 is 19.8 Å². The molecule has 0 radical (unpaired) electrons. The number of nitrogens with two attached hydrogens (primary N) is 1. The molecule has 5 nitrogen and oxygen atoms in total. The van der Waals surface area contributed by atoms with Crippen LogP contribution in [0.4, 0.5) is 0 Å². The second-order valence-corrected chi connectivity index (χ2v) is 5.68. The van der Waals surface area contributed by atoms with Gasteiger partial charge in [-0.25, -0.2) is 0 Å². The quantitative estimate of drug-likeness (QED) is 0.621. The van der Waals surface area contributed by atoms with Crippen LogP contribution in [0.15, 0.2) is 0 Å². The molecular weight excluding hydrogens is 217 g/mol. The van der Waals surface area contributed by atoms with Crippen LogP contribution in [-0.4, -0.2) is 43.3 Å². The first-order valence-corrected chi connectivity index (χ1v) is 6.06. The molecule has 0 unspecified atom stereocenters. The average molecular weight is 239 g/mol. The van der Waals surface area contributed by atoms with E-state index in [-0.39, 0.29) is 17.4 Å². The predicted octanol–water partition coefficient (Wildman–Crippen LogP) is -0.985. The van der Waals surface area contributed by atoms with Gasteiger partial charge >= 0.3 is 0 Å². The Hall–Kier alpha value is -1.04. The number of carbonyl (C=O) groups excluding carboxylic acids is 2. The zero-order chi connectivity index (χ0) is 13.2. The Bertz CT molecular complexity index is 314. The Morgan fingerprint density at radius 2 is 2.06 bits per heavy atom. The van der Waals surface area contributed by atoms with Crippen molar-refractivity contribution < 1.29 is 9.59 Å². The van der Waals surface area contributed by atoms with Crippen LogP contribution >= 0.6 is 0 Å². The highest BCUT2D eigenvalue weighted by Crippen LogP contribution is 2.25. The van der Waals surface area contributed by atoms with Gasteiger partial charge < -0.3 is 15.9 Å². The lowest BCUT2D eigenvalue weighted by Gasteiger charge is -2.34. The van der Waals surface area contributed by atoms with E-state index >= 15 is 0 Å². The van der Waals surface area contributed by atoms with E-state index in [9.17, 15) is 9.59 Å². The van der Waals surface area contributed by atoms with Crippen molar-refractivity contribution in [2.24, 2.45) is 11.1 Å². The van der Waals surface area contributed by atoms with Crippen LogP contribution in [0.3, 0.4) is 0 Å². The monoisotopic (exact) mass is 239 g/mol. The summed E-state index contributed by atoms with van der Waals surface area (Å²) in [5, 5.41) is 3.03. The Labute approximate surface area is 104 Å². The summed E-state index contributed by atoms with van der Waals surface area (Å²) in [6.45, 7) is 6.63. The zero-order valence-corrected chi connectivity index (χ0v) is 11.1. The molecule has 0 saturated carbocycles. The maximum absolute atomic E-state index is 12.4. The van der Waals surface area contributed by atoms with Crippen molar-refractivity contribution in [2.75, 3.05) is 6.54 Å². The Morgan fingerprint density at radius 1 is 1.47 bits per heavy atom. The SMILES string of the molecule is BN[C@H](C(=O)N1CCC[C@H]1C(N)=O)C(C)(C)C. The van der Waals surface area contributed by atoms with Gasteiger partial charge in [0.05, 0.1) is 6.04 Å². The van der Waals surface area contributed by atoms with Gasteiger partial charge in [0, 0.05) is 6.54 Å². The van der Waals surface area contributed by atoms with Crippen LogP contribution in [0, 0.1) is 5.41 Å². The van der Waals surface area contributed by atoms with E-state index in [4.69, 9.17) is 5.73 Å². The van der Waals surface area contributed by atoms with Crippen molar-refractivity contribution in [1.29, 1.82) is 0 Å². The van der Waals surface area contributed by atoms with Gasteiger partial charge in [-0.1, -0.05) is 20.8 Å². The lowest BCUT2D eigenvalue weighted by Crippen LogP contribution is -2.55. The van der Waals surface area contributed by atoms with E-state index in [1.54, 1.807) is 12.9 Å². The number of hydrogen-bond donors (Lipinski definition) is 2. The molecule has 96 valence electrons. The molecule has 3 N–H and O–H groups in total. The van der Waals surface area contributed by atoms with Gasteiger partial charge in [-0.2, -0.15) is 0 Å². The number of carbonyl (C=O) groups is 2. The minimum absolute atomic E-state index is 0.0266. The predicted molar refractivity (Wildman–Crippen MR) is 68.9 cm³/mol. The molecule has 1 rings (SSSR count). The highest BCUT2D eigenvalue weighted by molar-refractivity contribution is 6.07. The van der Waals surface area contributed by atoms with E-state index in [0.717, 1.165) is 6.42 Å². The van der Waals surface area contributed by atoms with Gasteiger partial charge in [-0.05, 0) is 18.3 Å². The van der Waals surface area contributed by atoms with Gasteiger partial charge in [0.15, 0.2) is 7.98 Å². The van der Waals surface area contributed by atoms with E-state index in [1.165, 1.54) is 0 Å². The van der Waals surface area contributed by atoms with Crippen LogP contribution in [0.2, 0.25) is 0 Å². The summed E-state index contributed by atoms with van der Waals surface area (Å²) < 4.78 is 0. The molecule has 0 bridgehead atoms. The lowest BCUT2D eigenvalue weighted by molar-refractivity contribution is -0.140. The summed E-state index contributed by atoms with van der Waals surface area (Å²) in [4.78, 5) is 25.3. The second-order valence-electron chi connectivity index (χ2n) is 5.68. The number of likely N-dealkylation sites (tertiary alicyclic amines) is 1. The normalized spacial score (nSPS) is 22.5.